The highest BCUT2D eigenvalue weighted by atomic mass is 35.5. The zero-order valence-electron chi connectivity index (χ0n) is 10.8. The van der Waals surface area contributed by atoms with Crippen molar-refractivity contribution in [2.75, 3.05) is 13.1 Å². The lowest BCUT2D eigenvalue weighted by Gasteiger charge is -2.36. The Kier molecular flexibility index (Phi) is 6.31. The van der Waals surface area contributed by atoms with Crippen LogP contribution in [-0.2, 0) is 14.4 Å². The lowest BCUT2D eigenvalue weighted by Crippen LogP contribution is -2.64. The molecule has 3 N–H and O–H groups in total. The first kappa shape index (κ1) is 18.2. The van der Waals surface area contributed by atoms with E-state index in [2.05, 4.69) is 12.6 Å². The van der Waals surface area contributed by atoms with Gasteiger partial charge in [-0.05, 0) is 6.42 Å². The third-order valence-electron chi connectivity index (χ3n) is 3.23. The molecule has 0 spiro atoms. The van der Waals surface area contributed by atoms with E-state index in [1.165, 1.54) is 0 Å². The Morgan fingerprint density at radius 3 is 2.37 bits per heavy atom. The highest BCUT2D eigenvalue weighted by Gasteiger charge is 2.60. The molecule has 1 rings (SSSR count). The summed E-state index contributed by atoms with van der Waals surface area (Å²) < 4.78 is 0. The molecule has 0 aliphatic carbocycles. The first-order valence-corrected chi connectivity index (χ1v) is 6.28. The summed E-state index contributed by atoms with van der Waals surface area (Å²) in [5.74, 6) is -2.78. The number of nitrogens with two attached hydrogens (primary N) is 1. The van der Waals surface area contributed by atoms with Crippen LogP contribution in [0, 0.1) is 5.92 Å². The Morgan fingerprint density at radius 1 is 1.47 bits per heavy atom. The Bertz CT molecular complexity index is 391. The number of aliphatic carboxylic acids is 1. The van der Waals surface area contributed by atoms with Crippen LogP contribution in [0.2, 0.25) is 0 Å². The van der Waals surface area contributed by atoms with Crippen molar-refractivity contribution in [3.63, 3.8) is 0 Å². The number of ketones is 1. The van der Waals surface area contributed by atoms with E-state index in [1.54, 1.807) is 13.8 Å². The summed E-state index contributed by atoms with van der Waals surface area (Å²) in [5.41, 5.74) is 3.37. The van der Waals surface area contributed by atoms with Gasteiger partial charge in [-0.2, -0.15) is 12.6 Å². The molecule has 2 atom stereocenters. The molecule has 1 saturated heterocycles. The lowest BCUT2D eigenvalue weighted by molar-refractivity contribution is -0.162. The first-order valence-electron chi connectivity index (χ1n) is 5.76. The number of carbonyl (C=O) groups is 3. The van der Waals surface area contributed by atoms with Gasteiger partial charge in [0.25, 0.3) is 0 Å². The number of rotatable bonds is 4. The van der Waals surface area contributed by atoms with E-state index in [-0.39, 0.29) is 30.8 Å². The van der Waals surface area contributed by atoms with E-state index in [9.17, 15) is 19.5 Å². The van der Waals surface area contributed by atoms with Crippen molar-refractivity contribution < 1.29 is 19.5 Å². The highest BCUT2D eigenvalue weighted by molar-refractivity contribution is 7.81. The Morgan fingerprint density at radius 2 is 2.00 bits per heavy atom. The molecule has 19 heavy (non-hydrogen) atoms. The number of hydrogen-bond donors (Lipinski definition) is 3. The minimum absolute atomic E-state index is 0. The number of likely N-dealkylation sites (tertiary alicyclic amines) is 1. The van der Waals surface area contributed by atoms with Crippen molar-refractivity contribution in [2.45, 2.75) is 31.1 Å². The largest absolute Gasteiger partial charge is 0.479 e. The number of carbonyl (C=O) groups excluding carboxylic acids is 2. The fourth-order valence-corrected chi connectivity index (χ4v) is 2.79. The summed E-state index contributed by atoms with van der Waals surface area (Å²) in [6.45, 7) is 3.11. The van der Waals surface area contributed by atoms with Crippen molar-refractivity contribution in [3.8, 4) is 0 Å². The minimum Gasteiger partial charge on any atom is -0.479 e. The molecule has 1 aliphatic rings. The minimum atomic E-state index is -1.92. The lowest BCUT2D eigenvalue weighted by atomic mass is 9.89. The summed E-state index contributed by atoms with van der Waals surface area (Å²) in [6.07, 6.45) is 0.361. The van der Waals surface area contributed by atoms with Gasteiger partial charge in [-0.3, -0.25) is 9.59 Å². The van der Waals surface area contributed by atoms with Gasteiger partial charge in [0.2, 0.25) is 11.4 Å². The van der Waals surface area contributed by atoms with Crippen LogP contribution in [0.25, 0.3) is 0 Å². The van der Waals surface area contributed by atoms with Crippen LogP contribution < -0.4 is 5.73 Å². The van der Waals surface area contributed by atoms with Gasteiger partial charge >= 0.3 is 5.97 Å². The predicted octanol–water partition coefficient (Wildman–Crippen LogP) is -0.0539. The van der Waals surface area contributed by atoms with Crippen molar-refractivity contribution in [1.82, 2.24) is 4.90 Å². The van der Waals surface area contributed by atoms with E-state index in [0.29, 0.717) is 6.42 Å². The molecule has 1 aliphatic heterocycles. The smallest absolute Gasteiger partial charge is 0.338 e. The van der Waals surface area contributed by atoms with Crippen LogP contribution in [-0.4, -0.2) is 51.5 Å². The van der Waals surface area contributed by atoms with Crippen LogP contribution in [0.4, 0.5) is 0 Å². The Balaban J connectivity index is 0.00000324. The van der Waals surface area contributed by atoms with Crippen molar-refractivity contribution in [2.24, 2.45) is 11.7 Å². The Labute approximate surface area is 123 Å². The molecule has 1 fully saturated rings. The molecule has 0 aromatic rings. The fraction of sp³-hybridized carbons (Fsp3) is 0.727. The molecule has 0 radical (unpaired) electrons. The molecular weight excluding hydrogens is 292 g/mol. The molecule has 1 heterocycles. The summed E-state index contributed by atoms with van der Waals surface area (Å²) in [7, 11) is 0. The third-order valence-corrected chi connectivity index (χ3v) is 3.86. The predicted molar refractivity (Wildman–Crippen MR) is 75.6 cm³/mol. The zero-order valence-corrected chi connectivity index (χ0v) is 12.5. The second-order valence-electron chi connectivity index (χ2n) is 4.65. The van der Waals surface area contributed by atoms with Gasteiger partial charge < -0.3 is 15.7 Å². The number of thiol groups is 1. The van der Waals surface area contributed by atoms with Gasteiger partial charge in [0.1, 0.15) is 0 Å². The van der Waals surface area contributed by atoms with Gasteiger partial charge in [0.15, 0.2) is 5.78 Å². The Hall–Kier alpha value is -0.790. The normalized spacial score (nSPS) is 26.2. The first-order chi connectivity index (χ1) is 8.29. The number of Topliss-reactive ketones (excluding diaryl/α,β-unsaturated/α-hetero) is 1. The van der Waals surface area contributed by atoms with Crippen LogP contribution in [0.3, 0.4) is 0 Å². The second kappa shape index (κ2) is 6.58. The number of hydrogen-bond acceptors (Lipinski definition) is 5. The molecule has 1 unspecified atom stereocenters. The average Bonchev–Trinajstić information content (AvgIpc) is 2.65. The van der Waals surface area contributed by atoms with E-state index in [0.717, 1.165) is 4.90 Å². The van der Waals surface area contributed by atoms with Crippen LogP contribution in [0.5, 0.6) is 0 Å². The standard InChI is InChI=1S/C11H18N2O4S.ClH/c1-6(2)9(15)13-4-3-8(18)11(13,10(16)17)7(14)5-12;/h6,8,18H,3-5,12H2,1-2H3,(H,16,17);1H/t8?,11-;/m1./s1. The van der Waals surface area contributed by atoms with E-state index >= 15 is 0 Å². The molecule has 0 bridgehead atoms. The SMILES string of the molecule is CC(C)C(=O)N1CCC(S)[C@@]1(C(=O)O)C(=O)CN.Cl. The van der Waals surface area contributed by atoms with Gasteiger partial charge in [0, 0.05) is 17.7 Å². The number of amides is 1. The van der Waals surface area contributed by atoms with Gasteiger partial charge in [-0.15, -0.1) is 12.4 Å². The average molecular weight is 311 g/mol. The van der Waals surface area contributed by atoms with Gasteiger partial charge in [-0.25, -0.2) is 4.79 Å². The van der Waals surface area contributed by atoms with Gasteiger partial charge in [-0.1, -0.05) is 13.8 Å². The maximum absolute atomic E-state index is 12.1. The van der Waals surface area contributed by atoms with Crippen molar-refractivity contribution in [1.29, 1.82) is 0 Å². The summed E-state index contributed by atoms with van der Waals surface area (Å²) >= 11 is 4.18. The molecule has 0 aromatic carbocycles. The van der Waals surface area contributed by atoms with E-state index < -0.39 is 29.1 Å². The molecular formula is C11H19ClN2O4S. The summed E-state index contributed by atoms with van der Waals surface area (Å²) in [4.78, 5) is 36.7. The molecule has 0 aromatic heterocycles. The molecule has 6 nitrogen and oxygen atoms in total. The van der Waals surface area contributed by atoms with Crippen LogP contribution >= 0.6 is 25.0 Å². The van der Waals surface area contributed by atoms with Crippen LogP contribution in [0.15, 0.2) is 0 Å². The summed E-state index contributed by atoms with van der Waals surface area (Å²) in [5, 5.41) is 8.69. The zero-order chi connectivity index (χ0) is 14.1. The van der Waals surface area contributed by atoms with Crippen molar-refractivity contribution >= 4 is 42.7 Å². The number of carboxylic acids is 1. The molecule has 1 amide bonds. The van der Waals surface area contributed by atoms with Gasteiger partial charge in [0.05, 0.1) is 6.54 Å². The monoisotopic (exact) mass is 310 g/mol. The topological polar surface area (TPSA) is 101 Å². The number of nitrogens with zero attached hydrogens (tertiary/aromatic N) is 1. The van der Waals surface area contributed by atoms with E-state index in [1.807, 2.05) is 0 Å². The molecule has 0 saturated carbocycles. The quantitative estimate of drug-likeness (QED) is 0.499. The maximum Gasteiger partial charge on any atom is 0.338 e. The summed E-state index contributed by atoms with van der Waals surface area (Å²) in [6, 6.07) is 0. The highest BCUT2D eigenvalue weighted by Crippen LogP contribution is 2.35. The fourth-order valence-electron chi connectivity index (χ4n) is 2.28. The number of carboxylic acid groups (broad SMARTS) is 1. The maximum atomic E-state index is 12.1. The third kappa shape index (κ3) is 2.73. The second-order valence-corrected chi connectivity index (χ2v) is 5.27. The van der Waals surface area contributed by atoms with E-state index in [4.69, 9.17) is 5.73 Å². The molecule has 110 valence electrons. The van der Waals surface area contributed by atoms with Crippen LogP contribution in [0.1, 0.15) is 20.3 Å². The molecule has 8 heteroatoms. The number of halogens is 1. The van der Waals surface area contributed by atoms with Crippen molar-refractivity contribution in [3.05, 3.63) is 0 Å².